The van der Waals surface area contributed by atoms with Crippen molar-refractivity contribution in [3.63, 3.8) is 0 Å². The first-order valence-electron chi connectivity index (χ1n) is 7.77. The maximum absolute atomic E-state index is 13.7. The minimum absolute atomic E-state index is 0.00310. The van der Waals surface area contributed by atoms with Gasteiger partial charge in [0.2, 0.25) is 5.91 Å². The van der Waals surface area contributed by atoms with Gasteiger partial charge in [-0.3, -0.25) is 14.9 Å². The fourth-order valence-corrected chi connectivity index (χ4v) is 2.32. The summed E-state index contributed by atoms with van der Waals surface area (Å²) in [6, 6.07) is 12.3. The predicted octanol–water partition coefficient (Wildman–Crippen LogP) is 3.96. The molecular weight excluding hydrogens is 341 g/mol. The highest BCUT2D eigenvalue weighted by Gasteiger charge is 2.14. The molecule has 0 radical (unpaired) electrons. The molecule has 3 rings (SSSR count). The van der Waals surface area contributed by atoms with Gasteiger partial charge < -0.3 is 9.73 Å². The second-order valence-corrected chi connectivity index (χ2v) is 5.45. The Morgan fingerprint density at radius 2 is 2.00 bits per heavy atom. The number of carbonyl (C=O) groups is 1. The maximum atomic E-state index is 13.7. The quantitative estimate of drug-likeness (QED) is 0.533. The Morgan fingerprint density at radius 3 is 2.73 bits per heavy atom. The molecule has 1 amide bonds. The fraction of sp³-hybridized carbons (Fsp3) is 0.111. The topological polar surface area (TPSA) is 98.3 Å². The number of amides is 1. The summed E-state index contributed by atoms with van der Waals surface area (Å²) in [7, 11) is 0. The van der Waals surface area contributed by atoms with Gasteiger partial charge in [0.25, 0.3) is 5.69 Å². The van der Waals surface area contributed by atoms with Crippen LogP contribution in [-0.2, 0) is 11.2 Å². The van der Waals surface area contributed by atoms with Crippen LogP contribution in [0.4, 0.5) is 15.8 Å². The van der Waals surface area contributed by atoms with Crippen LogP contribution in [0.2, 0.25) is 0 Å². The molecule has 0 atom stereocenters. The Balaban J connectivity index is 1.61. The van der Waals surface area contributed by atoms with Crippen molar-refractivity contribution in [1.29, 1.82) is 0 Å². The van der Waals surface area contributed by atoms with Gasteiger partial charge in [0.15, 0.2) is 11.7 Å². The first-order chi connectivity index (χ1) is 12.5. The summed E-state index contributed by atoms with van der Waals surface area (Å²) in [5.41, 5.74) is 0.331. The normalized spacial score (nSPS) is 10.5. The molecular formula is C18H14FN3O4. The van der Waals surface area contributed by atoms with E-state index >= 15 is 0 Å². The van der Waals surface area contributed by atoms with Crippen LogP contribution < -0.4 is 5.32 Å². The zero-order chi connectivity index (χ0) is 18.5. The summed E-state index contributed by atoms with van der Waals surface area (Å²) in [5, 5.41) is 13.1. The molecule has 0 unspecified atom stereocenters. The Morgan fingerprint density at radius 1 is 1.23 bits per heavy atom. The highest BCUT2D eigenvalue weighted by molar-refractivity contribution is 5.91. The van der Waals surface area contributed by atoms with E-state index in [-0.39, 0.29) is 24.2 Å². The van der Waals surface area contributed by atoms with E-state index in [1.165, 1.54) is 0 Å². The third-order valence-corrected chi connectivity index (χ3v) is 3.61. The Labute approximate surface area is 147 Å². The molecule has 3 aromatic rings. The minimum atomic E-state index is -0.744. The highest BCUT2D eigenvalue weighted by atomic mass is 19.1. The number of carbonyl (C=O) groups excluding carboxylic acids is 1. The Bertz CT molecular complexity index is 941. The van der Waals surface area contributed by atoms with Crippen molar-refractivity contribution in [2.75, 3.05) is 5.32 Å². The molecule has 0 spiro atoms. The van der Waals surface area contributed by atoms with Crippen LogP contribution in [0.1, 0.15) is 12.3 Å². The number of hydrogen-bond acceptors (Lipinski definition) is 5. The number of nitro benzene ring substituents is 1. The van der Waals surface area contributed by atoms with Crippen molar-refractivity contribution >= 4 is 17.3 Å². The number of rotatable bonds is 6. The number of benzene rings is 2. The van der Waals surface area contributed by atoms with E-state index in [9.17, 15) is 19.3 Å². The average Bonchev–Trinajstić information content (AvgIpc) is 3.11. The molecule has 8 heteroatoms. The lowest BCUT2D eigenvalue weighted by Crippen LogP contribution is -2.13. The highest BCUT2D eigenvalue weighted by Crippen LogP contribution is 2.22. The zero-order valence-corrected chi connectivity index (χ0v) is 13.5. The molecule has 1 aromatic heterocycles. The van der Waals surface area contributed by atoms with E-state index in [0.29, 0.717) is 11.7 Å². The van der Waals surface area contributed by atoms with Crippen LogP contribution in [-0.4, -0.2) is 15.8 Å². The van der Waals surface area contributed by atoms with Crippen molar-refractivity contribution in [2.24, 2.45) is 0 Å². The van der Waals surface area contributed by atoms with Gasteiger partial charge in [0.05, 0.1) is 16.8 Å². The first-order valence-corrected chi connectivity index (χ1v) is 7.77. The van der Waals surface area contributed by atoms with Crippen molar-refractivity contribution in [3.8, 4) is 11.3 Å². The molecule has 0 fully saturated rings. The Kier molecular flexibility index (Phi) is 5.02. The first kappa shape index (κ1) is 17.3. The molecule has 0 aliphatic carbocycles. The summed E-state index contributed by atoms with van der Waals surface area (Å²) in [6.45, 7) is 0. The van der Waals surface area contributed by atoms with Gasteiger partial charge in [-0.05, 0) is 6.07 Å². The molecule has 26 heavy (non-hydrogen) atoms. The molecule has 0 aliphatic rings. The van der Waals surface area contributed by atoms with Crippen molar-refractivity contribution < 1.29 is 18.5 Å². The van der Waals surface area contributed by atoms with E-state index in [0.717, 1.165) is 23.8 Å². The Hall–Kier alpha value is -3.55. The molecule has 1 heterocycles. The number of oxazole rings is 1. The van der Waals surface area contributed by atoms with Crippen molar-refractivity contribution in [1.82, 2.24) is 4.98 Å². The molecule has 0 aliphatic heterocycles. The summed E-state index contributed by atoms with van der Waals surface area (Å²) in [5.74, 6) is -0.278. The smallest absolute Gasteiger partial charge is 0.271 e. The van der Waals surface area contributed by atoms with Crippen LogP contribution in [0.15, 0.2) is 59.1 Å². The lowest BCUT2D eigenvalue weighted by Gasteiger charge is -2.05. The maximum Gasteiger partial charge on any atom is 0.271 e. The van der Waals surface area contributed by atoms with E-state index < -0.39 is 16.6 Å². The number of aryl methyl sites for hydroxylation is 1. The largest absolute Gasteiger partial charge is 0.441 e. The van der Waals surface area contributed by atoms with Gasteiger partial charge in [-0.15, -0.1) is 0 Å². The summed E-state index contributed by atoms with van der Waals surface area (Å²) in [6.07, 6.45) is 1.79. The standard InChI is InChI=1S/C18H14FN3O4/c19-14-7-6-13(22(24)25)10-15(14)21-17(23)8-9-18-20-11-16(26-18)12-4-2-1-3-5-12/h1-7,10-11H,8-9H2,(H,21,23). The van der Waals surface area contributed by atoms with E-state index in [1.807, 2.05) is 30.3 Å². The average molecular weight is 355 g/mol. The number of aromatic nitrogens is 1. The molecule has 0 bridgehead atoms. The monoisotopic (exact) mass is 355 g/mol. The number of hydrogen-bond donors (Lipinski definition) is 1. The van der Waals surface area contributed by atoms with E-state index in [1.54, 1.807) is 6.20 Å². The van der Waals surface area contributed by atoms with Crippen molar-refractivity contribution in [3.05, 3.63) is 76.6 Å². The molecule has 2 aromatic carbocycles. The third-order valence-electron chi connectivity index (χ3n) is 3.61. The van der Waals surface area contributed by atoms with Gasteiger partial charge in [0.1, 0.15) is 5.82 Å². The molecule has 1 N–H and O–H groups in total. The molecule has 7 nitrogen and oxygen atoms in total. The number of halogens is 1. The van der Waals surface area contributed by atoms with Crippen molar-refractivity contribution in [2.45, 2.75) is 12.8 Å². The van der Waals surface area contributed by atoms with Gasteiger partial charge in [-0.25, -0.2) is 9.37 Å². The second kappa shape index (κ2) is 7.56. The third kappa shape index (κ3) is 4.10. The zero-order valence-electron chi connectivity index (χ0n) is 13.5. The summed E-state index contributed by atoms with van der Waals surface area (Å²) in [4.78, 5) is 26.2. The summed E-state index contributed by atoms with van der Waals surface area (Å²) < 4.78 is 19.3. The van der Waals surface area contributed by atoms with Gasteiger partial charge in [-0.2, -0.15) is 0 Å². The second-order valence-electron chi connectivity index (χ2n) is 5.45. The molecule has 0 saturated heterocycles. The van der Waals surface area contributed by atoms with E-state index in [2.05, 4.69) is 10.3 Å². The SMILES string of the molecule is O=C(CCc1ncc(-c2ccccc2)o1)Nc1cc([N+](=O)[O-])ccc1F. The van der Waals surface area contributed by atoms with Gasteiger partial charge >= 0.3 is 0 Å². The van der Waals surface area contributed by atoms with Crippen LogP contribution >= 0.6 is 0 Å². The number of nitro groups is 1. The molecule has 132 valence electrons. The fourth-order valence-electron chi connectivity index (χ4n) is 2.32. The van der Waals surface area contributed by atoms with Gasteiger partial charge in [0, 0.05) is 30.5 Å². The lowest BCUT2D eigenvalue weighted by molar-refractivity contribution is -0.384. The number of anilines is 1. The predicted molar refractivity (Wildman–Crippen MR) is 91.9 cm³/mol. The number of nitrogens with zero attached hydrogens (tertiary/aromatic N) is 2. The summed E-state index contributed by atoms with van der Waals surface area (Å²) >= 11 is 0. The van der Waals surface area contributed by atoms with E-state index in [4.69, 9.17) is 4.42 Å². The lowest BCUT2D eigenvalue weighted by atomic mass is 10.2. The van der Waals surface area contributed by atoms with Crippen LogP contribution in [0.3, 0.4) is 0 Å². The molecule has 0 saturated carbocycles. The minimum Gasteiger partial charge on any atom is -0.441 e. The number of nitrogens with one attached hydrogen (secondary N) is 1. The number of non-ortho nitro benzene ring substituents is 1. The van der Waals surface area contributed by atoms with Gasteiger partial charge in [-0.1, -0.05) is 30.3 Å². The van der Waals surface area contributed by atoms with Crippen LogP contribution in [0, 0.1) is 15.9 Å². The van der Waals surface area contributed by atoms with Crippen LogP contribution in [0.5, 0.6) is 0 Å². The van der Waals surface area contributed by atoms with Crippen LogP contribution in [0.25, 0.3) is 11.3 Å².